The Morgan fingerprint density at radius 2 is 1.68 bits per heavy atom. The van der Waals surface area contributed by atoms with Gasteiger partial charge in [-0.25, -0.2) is 0 Å². The third-order valence-electron chi connectivity index (χ3n) is 4.87. The van der Waals surface area contributed by atoms with Crippen LogP contribution in [0.5, 0.6) is 0 Å². The molecule has 0 saturated heterocycles. The first-order chi connectivity index (χ1) is 9.08. The van der Waals surface area contributed by atoms with E-state index >= 15 is 0 Å². The molecule has 0 radical (unpaired) electrons. The minimum absolute atomic E-state index is 0.0384. The highest BCUT2D eigenvalue weighted by atomic mass is 16.4. The molecule has 1 amide bonds. The van der Waals surface area contributed by atoms with Gasteiger partial charge in [0.1, 0.15) is 0 Å². The zero-order valence-corrected chi connectivity index (χ0v) is 11.7. The van der Waals surface area contributed by atoms with Crippen molar-refractivity contribution in [2.45, 2.75) is 51.9 Å². The van der Waals surface area contributed by atoms with Crippen LogP contribution in [0.15, 0.2) is 0 Å². The highest BCUT2D eigenvalue weighted by molar-refractivity contribution is 5.85. The number of aliphatic carboxylic acids is 1. The van der Waals surface area contributed by atoms with Gasteiger partial charge in [-0.05, 0) is 37.5 Å². The first-order valence-corrected chi connectivity index (χ1v) is 7.58. The molecule has 0 aliphatic heterocycles. The van der Waals surface area contributed by atoms with E-state index in [0.29, 0.717) is 12.3 Å². The van der Waals surface area contributed by atoms with Gasteiger partial charge in [0.2, 0.25) is 5.91 Å². The van der Waals surface area contributed by atoms with Gasteiger partial charge < -0.3 is 10.4 Å². The molecular weight excluding hydrogens is 242 g/mol. The number of carbonyl (C=O) groups is 2. The second kappa shape index (κ2) is 6.40. The average molecular weight is 267 g/mol. The third-order valence-corrected chi connectivity index (χ3v) is 4.87. The van der Waals surface area contributed by atoms with Gasteiger partial charge in [-0.2, -0.15) is 0 Å². The fraction of sp³-hybridized carbons (Fsp3) is 0.867. The van der Waals surface area contributed by atoms with Crippen LogP contribution in [-0.2, 0) is 9.59 Å². The second-order valence-corrected chi connectivity index (χ2v) is 6.35. The number of carboxylic acid groups (broad SMARTS) is 1. The molecular formula is C15H25NO3. The predicted octanol–water partition coefficient (Wildman–Crippen LogP) is 2.43. The predicted molar refractivity (Wildman–Crippen MR) is 72.6 cm³/mol. The van der Waals surface area contributed by atoms with Crippen LogP contribution in [0.4, 0.5) is 0 Å². The number of carbonyl (C=O) groups excluding carboxylic acids is 1. The van der Waals surface area contributed by atoms with E-state index in [2.05, 4.69) is 12.2 Å². The number of nitrogens with one attached hydrogen (secondary N) is 1. The monoisotopic (exact) mass is 267 g/mol. The summed E-state index contributed by atoms with van der Waals surface area (Å²) in [5, 5.41) is 12.1. The minimum atomic E-state index is -0.816. The van der Waals surface area contributed by atoms with E-state index in [-0.39, 0.29) is 11.8 Å². The number of amides is 1. The fourth-order valence-electron chi connectivity index (χ4n) is 3.48. The zero-order valence-electron chi connectivity index (χ0n) is 11.7. The number of hydrogen-bond donors (Lipinski definition) is 2. The topological polar surface area (TPSA) is 66.4 Å². The fourth-order valence-corrected chi connectivity index (χ4v) is 3.48. The van der Waals surface area contributed by atoms with Crippen molar-refractivity contribution in [3.8, 4) is 0 Å². The largest absolute Gasteiger partial charge is 0.481 e. The van der Waals surface area contributed by atoms with Gasteiger partial charge in [-0.15, -0.1) is 0 Å². The van der Waals surface area contributed by atoms with Crippen molar-refractivity contribution < 1.29 is 14.7 Å². The van der Waals surface area contributed by atoms with E-state index in [9.17, 15) is 9.59 Å². The smallest absolute Gasteiger partial charge is 0.307 e. The third kappa shape index (κ3) is 3.71. The van der Waals surface area contributed by atoms with E-state index < -0.39 is 11.9 Å². The van der Waals surface area contributed by atoms with Crippen LogP contribution in [0.25, 0.3) is 0 Å². The average Bonchev–Trinajstić information content (AvgIpc) is 2.87. The highest BCUT2D eigenvalue weighted by Gasteiger charge is 2.37. The summed E-state index contributed by atoms with van der Waals surface area (Å²) in [6, 6.07) is 0. The van der Waals surface area contributed by atoms with E-state index in [0.717, 1.165) is 25.3 Å². The van der Waals surface area contributed by atoms with Gasteiger partial charge in [-0.3, -0.25) is 9.59 Å². The van der Waals surface area contributed by atoms with Crippen LogP contribution in [-0.4, -0.2) is 23.5 Å². The lowest BCUT2D eigenvalue weighted by Gasteiger charge is -2.27. The maximum absolute atomic E-state index is 12.1. The Kier molecular flexibility index (Phi) is 4.83. The lowest BCUT2D eigenvalue weighted by atomic mass is 9.83. The Morgan fingerprint density at radius 3 is 2.32 bits per heavy atom. The first-order valence-electron chi connectivity index (χ1n) is 7.58. The molecule has 2 rings (SSSR count). The second-order valence-electron chi connectivity index (χ2n) is 6.35. The number of rotatable bonds is 4. The van der Waals surface area contributed by atoms with Crippen LogP contribution in [0, 0.1) is 23.7 Å². The molecule has 2 atom stereocenters. The van der Waals surface area contributed by atoms with Crippen molar-refractivity contribution in [3.63, 3.8) is 0 Å². The standard InChI is InChI=1S/C15H25NO3/c1-10-5-7-11(8-6-10)9-16-14(17)12-3-2-4-13(12)15(18)19/h10-13H,2-9H2,1H3,(H,16,17)(H,18,19). The summed E-state index contributed by atoms with van der Waals surface area (Å²) >= 11 is 0. The molecule has 0 aromatic rings. The summed E-state index contributed by atoms with van der Waals surface area (Å²) in [5.74, 6) is -0.220. The van der Waals surface area contributed by atoms with E-state index in [1.54, 1.807) is 0 Å². The highest BCUT2D eigenvalue weighted by Crippen LogP contribution is 2.32. The van der Waals surface area contributed by atoms with Gasteiger partial charge in [0.25, 0.3) is 0 Å². The van der Waals surface area contributed by atoms with Crippen molar-refractivity contribution in [2.75, 3.05) is 6.54 Å². The van der Waals surface area contributed by atoms with Crippen molar-refractivity contribution in [1.29, 1.82) is 0 Å². The molecule has 108 valence electrons. The molecule has 2 aliphatic carbocycles. The van der Waals surface area contributed by atoms with Crippen LogP contribution in [0.2, 0.25) is 0 Å². The molecule has 0 aromatic heterocycles. The van der Waals surface area contributed by atoms with Crippen LogP contribution < -0.4 is 5.32 Å². The zero-order chi connectivity index (χ0) is 13.8. The molecule has 2 unspecified atom stereocenters. The lowest BCUT2D eigenvalue weighted by molar-refractivity contribution is -0.146. The molecule has 2 fully saturated rings. The molecule has 2 N–H and O–H groups in total. The normalized spacial score (nSPS) is 35.0. The Hall–Kier alpha value is -1.06. The van der Waals surface area contributed by atoms with Gasteiger partial charge in [0, 0.05) is 6.54 Å². The van der Waals surface area contributed by atoms with Gasteiger partial charge >= 0.3 is 5.97 Å². The molecule has 2 aliphatic rings. The molecule has 4 nitrogen and oxygen atoms in total. The van der Waals surface area contributed by atoms with Crippen molar-refractivity contribution in [2.24, 2.45) is 23.7 Å². The summed E-state index contributed by atoms with van der Waals surface area (Å²) in [7, 11) is 0. The Balaban J connectivity index is 1.76. The summed E-state index contributed by atoms with van der Waals surface area (Å²) in [4.78, 5) is 23.2. The molecule has 4 heteroatoms. The molecule has 19 heavy (non-hydrogen) atoms. The van der Waals surface area contributed by atoms with Crippen LogP contribution in [0.3, 0.4) is 0 Å². The maximum Gasteiger partial charge on any atom is 0.307 e. The van der Waals surface area contributed by atoms with Crippen molar-refractivity contribution in [3.05, 3.63) is 0 Å². The summed E-state index contributed by atoms with van der Waals surface area (Å²) in [5.41, 5.74) is 0. The van der Waals surface area contributed by atoms with Crippen molar-refractivity contribution >= 4 is 11.9 Å². The quantitative estimate of drug-likeness (QED) is 0.822. The van der Waals surface area contributed by atoms with Crippen molar-refractivity contribution in [1.82, 2.24) is 5.32 Å². The minimum Gasteiger partial charge on any atom is -0.481 e. The van der Waals surface area contributed by atoms with E-state index in [1.165, 1.54) is 25.7 Å². The van der Waals surface area contributed by atoms with Crippen LogP contribution >= 0.6 is 0 Å². The Labute approximate surface area is 115 Å². The van der Waals surface area contributed by atoms with Gasteiger partial charge in [0.05, 0.1) is 11.8 Å². The summed E-state index contributed by atoms with van der Waals surface area (Å²) in [6.45, 7) is 3.01. The number of hydrogen-bond acceptors (Lipinski definition) is 2. The molecule has 0 aromatic carbocycles. The lowest BCUT2D eigenvalue weighted by Crippen LogP contribution is -2.38. The van der Waals surface area contributed by atoms with E-state index in [1.807, 2.05) is 0 Å². The Bertz CT molecular complexity index is 334. The van der Waals surface area contributed by atoms with E-state index in [4.69, 9.17) is 5.11 Å². The summed E-state index contributed by atoms with van der Waals surface area (Å²) < 4.78 is 0. The van der Waals surface area contributed by atoms with Crippen LogP contribution in [0.1, 0.15) is 51.9 Å². The SMILES string of the molecule is CC1CCC(CNC(=O)C2CCCC2C(=O)O)CC1. The Morgan fingerprint density at radius 1 is 1.05 bits per heavy atom. The summed E-state index contributed by atoms with van der Waals surface area (Å²) in [6.07, 6.45) is 7.11. The molecule has 0 spiro atoms. The molecule has 0 bridgehead atoms. The van der Waals surface area contributed by atoms with Gasteiger partial charge in [-0.1, -0.05) is 26.2 Å². The molecule has 2 saturated carbocycles. The van der Waals surface area contributed by atoms with Gasteiger partial charge in [0.15, 0.2) is 0 Å². The molecule has 0 heterocycles. The first kappa shape index (κ1) is 14.4. The number of carboxylic acids is 1. The maximum atomic E-state index is 12.1.